The van der Waals surface area contributed by atoms with Gasteiger partial charge in [0, 0.05) is 51.4 Å². The molecule has 0 bridgehead atoms. The van der Waals surface area contributed by atoms with Crippen molar-refractivity contribution in [3.05, 3.63) is 29.8 Å². The van der Waals surface area contributed by atoms with E-state index in [1.165, 1.54) is 16.4 Å². The molecule has 7 nitrogen and oxygen atoms in total. The standard InChI is InChI=1S/C18H30N4O3S/c1-15(2)21(3)26(24,25)17-7-4-6-16(14-17)18(23)20-8-5-11-22-12-9-19-10-13-22/h4,6-7,14-15,19H,5,8-13H2,1-3H3,(H,20,23). The van der Waals surface area contributed by atoms with Crippen LogP contribution >= 0.6 is 0 Å². The summed E-state index contributed by atoms with van der Waals surface area (Å²) in [7, 11) is -2.05. The SMILES string of the molecule is CC(C)N(C)S(=O)(=O)c1cccc(C(=O)NCCCN2CCNCC2)c1. The monoisotopic (exact) mass is 382 g/mol. The van der Waals surface area contributed by atoms with Gasteiger partial charge in [0.15, 0.2) is 0 Å². The van der Waals surface area contributed by atoms with Crippen molar-refractivity contribution in [1.29, 1.82) is 0 Å². The van der Waals surface area contributed by atoms with E-state index >= 15 is 0 Å². The number of amides is 1. The van der Waals surface area contributed by atoms with Crippen LogP contribution in [0.3, 0.4) is 0 Å². The number of sulfonamides is 1. The quantitative estimate of drug-likeness (QED) is 0.648. The third-order valence-corrected chi connectivity index (χ3v) is 6.68. The number of rotatable bonds is 8. The number of carbonyl (C=O) groups is 1. The van der Waals surface area contributed by atoms with Gasteiger partial charge in [-0.2, -0.15) is 4.31 Å². The average molecular weight is 383 g/mol. The second-order valence-electron chi connectivity index (χ2n) is 6.84. The molecule has 2 N–H and O–H groups in total. The fourth-order valence-electron chi connectivity index (χ4n) is 2.78. The van der Waals surface area contributed by atoms with Crippen molar-refractivity contribution in [2.24, 2.45) is 0 Å². The molecular weight excluding hydrogens is 352 g/mol. The molecule has 1 aliphatic rings. The zero-order valence-corrected chi connectivity index (χ0v) is 16.7. The maximum Gasteiger partial charge on any atom is 0.251 e. The largest absolute Gasteiger partial charge is 0.352 e. The Bertz CT molecular complexity index is 700. The van der Waals surface area contributed by atoms with Crippen molar-refractivity contribution in [2.45, 2.75) is 31.2 Å². The van der Waals surface area contributed by atoms with E-state index in [-0.39, 0.29) is 16.8 Å². The van der Waals surface area contributed by atoms with E-state index < -0.39 is 10.0 Å². The van der Waals surface area contributed by atoms with E-state index in [0.717, 1.165) is 39.1 Å². The Morgan fingerprint density at radius 3 is 2.65 bits per heavy atom. The summed E-state index contributed by atoms with van der Waals surface area (Å²) in [6.07, 6.45) is 0.875. The molecule has 1 aliphatic heterocycles. The summed E-state index contributed by atoms with van der Waals surface area (Å²) in [5.41, 5.74) is 0.366. The molecule has 1 amide bonds. The average Bonchev–Trinajstić information content (AvgIpc) is 2.65. The summed E-state index contributed by atoms with van der Waals surface area (Å²) >= 11 is 0. The molecule has 26 heavy (non-hydrogen) atoms. The molecule has 0 saturated carbocycles. The van der Waals surface area contributed by atoms with E-state index in [0.29, 0.717) is 12.1 Å². The molecule has 0 radical (unpaired) electrons. The summed E-state index contributed by atoms with van der Waals surface area (Å²) in [6.45, 7) is 9.26. The third kappa shape index (κ3) is 5.51. The van der Waals surface area contributed by atoms with Crippen LogP contribution in [0.25, 0.3) is 0 Å². The smallest absolute Gasteiger partial charge is 0.251 e. The third-order valence-electron chi connectivity index (χ3n) is 4.65. The lowest BCUT2D eigenvalue weighted by Crippen LogP contribution is -2.44. The van der Waals surface area contributed by atoms with Gasteiger partial charge in [-0.3, -0.25) is 4.79 Å². The molecule has 0 atom stereocenters. The van der Waals surface area contributed by atoms with Crippen LogP contribution in [0, 0.1) is 0 Å². The highest BCUT2D eigenvalue weighted by Crippen LogP contribution is 2.17. The molecule has 1 saturated heterocycles. The highest BCUT2D eigenvalue weighted by atomic mass is 32.2. The lowest BCUT2D eigenvalue weighted by molar-refractivity contribution is 0.0951. The van der Waals surface area contributed by atoms with Crippen molar-refractivity contribution in [3.63, 3.8) is 0 Å². The van der Waals surface area contributed by atoms with Crippen LogP contribution in [0.15, 0.2) is 29.2 Å². The first-order valence-corrected chi connectivity index (χ1v) is 10.6. The molecule has 1 heterocycles. The number of hydrogen-bond donors (Lipinski definition) is 2. The van der Waals surface area contributed by atoms with Gasteiger partial charge in [-0.05, 0) is 45.0 Å². The molecule has 1 aromatic carbocycles. The molecule has 1 fully saturated rings. The number of piperazine rings is 1. The molecule has 146 valence electrons. The Morgan fingerprint density at radius 1 is 1.31 bits per heavy atom. The van der Waals surface area contributed by atoms with Gasteiger partial charge in [0.2, 0.25) is 10.0 Å². The normalized spacial score (nSPS) is 16.2. The summed E-state index contributed by atoms with van der Waals surface area (Å²) in [5, 5.41) is 6.19. The van der Waals surface area contributed by atoms with Gasteiger partial charge in [-0.1, -0.05) is 6.07 Å². The molecule has 0 spiro atoms. The number of hydrogen-bond acceptors (Lipinski definition) is 5. The summed E-state index contributed by atoms with van der Waals surface area (Å²) < 4.78 is 26.4. The highest BCUT2D eigenvalue weighted by molar-refractivity contribution is 7.89. The van der Waals surface area contributed by atoms with Crippen LogP contribution in [-0.4, -0.2) is 75.9 Å². The van der Waals surface area contributed by atoms with Gasteiger partial charge in [0.1, 0.15) is 0 Å². The first-order chi connectivity index (χ1) is 12.3. The minimum absolute atomic E-state index is 0.141. The lowest BCUT2D eigenvalue weighted by atomic mass is 10.2. The van der Waals surface area contributed by atoms with Crippen LogP contribution in [0.5, 0.6) is 0 Å². The highest BCUT2D eigenvalue weighted by Gasteiger charge is 2.23. The van der Waals surface area contributed by atoms with E-state index in [2.05, 4.69) is 15.5 Å². The number of benzene rings is 1. The Hall–Kier alpha value is -1.48. The van der Waals surface area contributed by atoms with Gasteiger partial charge in [0.25, 0.3) is 5.91 Å². The molecular formula is C18H30N4O3S. The van der Waals surface area contributed by atoms with E-state index in [1.807, 2.05) is 13.8 Å². The number of nitrogens with one attached hydrogen (secondary N) is 2. The summed E-state index contributed by atoms with van der Waals surface area (Å²) in [5.74, 6) is -0.241. The fraction of sp³-hybridized carbons (Fsp3) is 0.611. The van der Waals surface area contributed by atoms with Gasteiger partial charge in [-0.25, -0.2) is 8.42 Å². The van der Waals surface area contributed by atoms with E-state index in [1.54, 1.807) is 19.2 Å². The lowest BCUT2D eigenvalue weighted by Gasteiger charge is -2.27. The van der Waals surface area contributed by atoms with Crippen LogP contribution in [0.4, 0.5) is 0 Å². The first-order valence-electron chi connectivity index (χ1n) is 9.11. The topological polar surface area (TPSA) is 81.8 Å². The van der Waals surface area contributed by atoms with E-state index in [9.17, 15) is 13.2 Å². The van der Waals surface area contributed by atoms with Gasteiger partial charge < -0.3 is 15.5 Å². The molecule has 2 rings (SSSR count). The van der Waals surface area contributed by atoms with Gasteiger partial charge >= 0.3 is 0 Å². The van der Waals surface area contributed by atoms with Crippen molar-refractivity contribution < 1.29 is 13.2 Å². The van der Waals surface area contributed by atoms with Crippen LogP contribution in [0.2, 0.25) is 0 Å². The van der Waals surface area contributed by atoms with Crippen molar-refractivity contribution in [3.8, 4) is 0 Å². The van der Waals surface area contributed by atoms with Crippen molar-refractivity contribution >= 4 is 15.9 Å². The minimum atomic E-state index is -3.59. The molecule has 0 unspecified atom stereocenters. The maximum atomic E-state index is 12.6. The van der Waals surface area contributed by atoms with Crippen LogP contribution in [-0.2, 0) is 10.0 Å². The molecule has 0 aromatic heterocycles. The van der Waals surface area contributed by atoms with Crippen molar-refractivity contribution in [1.82, 2.24) is 19.8 Å². The summed E-state index contributed by atoms with van der Waals surface area (Å²) in [4.78, 5) is 14.8. The van der Waals surface area contributed by atoms with E-state index in [4.69, 9.17) is 0 Å². The zero-order chi connectivity index (χ0) is 19.2. The second kappa shape index (κ2) is 9.45. The van der Waals surface area contributed by atoms with Crippen LogP contribution in [0.1, 0.15) is 30.6 Å². The number of nitrogens with zero attached hydrogens (tertiary/aromatic N) is 2. The Labute approximate surface area is 156 Å². The Kier molecular flexibility index (Phi) is 7.57. The predicted octanol–water partition coefficient (Wildman–Crippen LogP) is 0.741. The zero-order valence-electron chi connectivity index (χ0n) is 15.9. The maximum absolute atomic E-state index is 12.6. The Morgan fingerprint density at radius 2 is 2.00 bits per heavy atom. The second-order valence-corrected chi connectivity index (χ2v) is 8.84. The summed E-state index contributed by atoms with van der Waals surface area (Å²) in [6, 6.07) is 6.06. The molecule has 0 aliphatic carbocycles. The number of carbonyl (C=O) groups excluding carboxylic acids is 1. The predicted molar refractivity (Wildman–Crippen MR) is 103 cm³/mol. The van der Waals surface area contributed by atoms with Gasteiger partial charge in [-0.15, -0.1) is 0 Å². The minimum Gasteiger partial charge on any atom is -0.352 e. The van der Waals surface area contributed by atoms with Gasteiger partial charge in [0.05, 0.1) is 4.90 Å². The fourth-order valence-corrected chi connectivity index (χ4v) is 4.20. The first kappa shape index (κ1) is 20.8. The molecule has 1 aromatic rings. The van der Waals surface area contributed by atoms with Crippen LogP contribution < -0.4 is 10.6 Å². The Balaban J connectivity index is 1.91. The molecule has 8 heteroatoms. The van der Waals surface area contributed by atoms with Crippen molar-refractivity contribution in [2.75, 3.05) is 46.3 Å².